The van der Waals surface area contributed by atoms with Crippen molar-refractivity contribution in [1.29, 1.82) is 0 Å². The van der Waals surface area contributed by atoms with E-state index in [0.29, 0.717) is 5.17 Å². The average molecular weight is 312 g/mol. The molecule has 2 aromatic rings. The number of nitrogens with two attached hydrogens (primary N) is 1. The highest BCUT2D eigenvalue weighted by Gasteiger charge is 2.45. The summed E-state index contributed by atoms with van der Waals surface area (Å²) in [6.45, 7) is 0. The highest BCUT2D eigenvalue weighted by Crippen LogP contribution is 2.55. The number of hydrogen-bond acceptors (Lipinski definition) is 5. The van der Waals surface area contributed by atoms with E-state index in [1.54, 1.807) is 18.9 Å². The van der Waals surface area contributed by atoms with Crippen molar-refractivity contribution >= 4 is 16.9 Å². The lowest BCUT2D eigenvalue weighted by atomic mass is 9.78. The molecule has 0 bridgehead atoms. The van der Waals surface area contributed by atoms with E-state index < -0.39 is 5.54 Å². The summed E-state index contributed by atoms with van der Waals surface area (Å²) in [4.78, 5) is 4.86. The molecular formula is C17H16N2O2S. The van der Waals surface area contributed by atoms with E-state index in [-0.39, 0.29) is 0 Å². The molecule has 2 aromatic carbocycles. The number of hydrogen-bond donors (Lipinski definition) is 1. The van der Waals surface area contributed by atoms with Crippen molar-refractivity contribution in [2.45, 2.75) is 12.0 Å². The van der Waals surface area contributed by atoms with Crippen molar-refractivity contribution in [3.05, 3.63) is 53.6 Å². The summed E-state index contributed by atoms with van der Waals surface area (Å²) in [5, 5.41) is 0.611. The van der Waals surface area contributed by atoms with Crippen molar-refractivity contribution in [2.75, 3.05) is 12.9 Å². The fourth-order valence-electron chi connectivity index (χ4n) is 3.28. The molecule has 1 atom stereocenters. The molecule has 1 unspecified atom stereocenters. The Morgan fingerprint density at radius 3 is 2.82 bits per heavy atom. The van der Waals surface area contributed by atoms with Crippen molar-refractivity contribution in [3.63, 3.8) is 0 Å². The van der Waals surface area contributed by atoms with Gasteiger partial charge in [0, 0.05) is 11.3 Å². The fraction of sp³-hybridized carbons (Fsp3) is 0.235. The van der Waals surface area contributed by atoms with E-state index >= 15 is 0 Å². The first-order valence-corrected chi connectivity index (χ1v) is 8.16. The number of thioether (sulfide) groups is 1. The van der Waals surface area contributed by atoms with E-state index in [1.165, 1.54) is 0 Å². The number of amidine groups is 1. The lowest BCUT2D eigenvalue weighted by molar-refractivity contribution is 0.354. The van der Waals surface area contributed by atoms with Gasteiger partial charge in [0.05, 0.1) is 12.7 Å². The Morgan fingerprint density at radius 2 is 2.00 bits per heavy atom. The van der Waals surface area contributed by atoms with Gasteiger partial charge in [0.25, 0.3) is 0 Å². The van der Waals surface area contributed by atoms with Crippen LogP contribution in [0.4, 0.5) is 0 Å². The number of fused-ring (bicyclic) bond motifs is 4. The number of rotatable bonds is 1. The molecule has 0 saturated carbocycles. The average Bonchev–Trinajstić information content (AvgIpc) is 2.54. The van der Waals surface area contributed by atoms with Crippen LogP contribution in [0.1, 0.15) is 17.5 Å². The van der Waals surface area contributed by atoms with Crippen LogP contribution in [-0.2, 0) is 5.54 Å². The molecule has 2 aliphatic rings. The molecule has 0 fully saturated rings. The van der Waals surface area contributed by atoms with Crippen LogP contribution in [-0.4, -0.2) is 18.0 Å². The van der Waals surface area contributed by atoms with Gasteiger partial charge in [0.2, 0.25) is 0 Å². The summed E-state index contributed by atoms with van der Waals surface area (Å²) in [7, 11) is 1.68. The molecule has 2 aliphatic heterocycles. The quantitative estimate of drug-likeness (QED) is 0.875. The van der Waals surface area contributed by atoms with Gasteiger partial charge in [0.1, 0.15) is 22.8 Å². The lowest BCUT2D eigenvalue weighted by Crippen LogP contribution is -2.35. The van der Waals surface area contributed by atoms with E-state index in [2.05, 4.69) is 6.07 Å². The highest BCUT2D eigenvalue weighted by atomic mass is 32.2. The maximum absolute atomic E-state index is 6.09. The molecule has 5 heteroatoms. The number of ether oxygens (including phenoxy) is 2. The topological polar surface area (TPSA) is 56.8 Å². The number of benzene rings is 2. The Kier molecular flexibility index (Phi) is 3.04. The molecule has 22 heavy (non-hydrogen) atoms. The Hall–Kier alpha value is -2.14. The molecule has 2 heterocycles. The standard InChI is InChI=1S/C17H16N2O2S/c1-20-13-7-4-8-14-15(13)17(9-10-22-16(18)19-17)11-5-2-3-6-12(11)21-14/h2-8H,9-10H2,1H3,(H2,18,19). The SMILES string of the molecule is COc1cccc2c1C1(CCSC(N)=N1)c1ccccc1O2. The van der Waals surface area contributed by atoms with Crippen LogP contribution >= 0.6 is 11.8 Å². The summed E-state index contributed by atoms with van der Waals surface area (Å²) in [5.41, 5.74) is 7.58. The molecule has 1 spiro atoms. The Balaban J connectivity index is 2.07. The van der Waals surface area contributed by atoms with Gasteiger partial charge in [-0.25, -0.2) is 4.99 Å². The van der Waals surface area contributed by atoms with Crippen LogP contribution in [0.2, 0.25) is 0 Å². The van der Waals surface area contributed by atoms with Crippen LogP contribution in [0.3, 0.4) is 0 Å². The van der Waals surface area contributed by atoms with E-state index in [0.717, 1.165) is 40.5 Å². The summed E-state index contributed by atoms with van der Waals surface area (Å²) < 4.78 is 11.7. The minimum atomic E-state index is -0.522. The third kappa shape index (κ3) is 1.82. The van der Waals surface area contributed by atoms with Crippen molar-refractivity contribution in [2.24, 2.45) is 10.7 Å². The van der Waals surface area contributed by atoms with Crippen LogP contribution < -0.4 is 15.2 Å². The molecule has 4 rings (SSSR count). The van der Waals surface area contributed by atoms with Crippen LogP contribution in [0.15, 0.2) is 47.5 Å². The zero-order valence-corrected chi connectivity index (χ0v) is 13.0. The third-order valence-electron chi connectivity index (χ3n) is 4.19. The summed E-state index contributed by atoms with van der Waals surface area (Å²) in [6, 6.07) is 13.9. The molecule has 0 aromatic heterocycles. The van der Waals surface area contributed by atoms with Crippen molar-refractivity contribution in [1.82, 2.24) is 0 Å². The predicted octanol–water partition coefficient (Wildman–Crippen LogP) is 3.50. The second-order valence-corrected chi connectivity index (χ2v) is 6.46. The maximum Gasteiger partial charge on any atom is 0.155 e. The first-order valence-electron chi connectivity index (χ1n) is 7.17. The number of para-hydroxylation sites is 1. The number of nitrogens with zero attached hydrogens (tertiary/aromatic N) is 1. The monoisotopic (exact) mass is 312 g/mol. The zero-order valence-electron chi connectivity index (χ0n) is 12.2. The van der Waals surface area contributed by atoms with E-state index in [9.17, 15) is 0 Å². The Bertz CT molecular complexity index is 775. The molecule has 4 nitrogen and oxygen atoms in total. The molecule has 0 amide bonds. The van der Waals surface area contributed by atoms with E-state index in [1.807, 2.05) is 36.4 Å². The second-order valence-electron chi connectivity index (χ2n) is 5.34. The van der Waals surface area contributed by atoms with Crippen LogP contribution in [0, 0.1) is 0 Å². The molecule has 0 saturated heterocycles. The van der Waals surface area contributed by atoms with Crippen molar-refractivity contribution < 1.29 is 9.47 Å². The number of methoxy groups -OCH3 is 1. The Morgan fingerprint density at radius 1 is 1.18 bits per heavy atom. The smallest absolute Gasteiger partial charge is 0.155 e. The summed E-state index contributed by atoms with van der Waals surface area (Å²) in [5.74, 6) is 3.34. The minimum absolute atomic E-state index is 0.522. The molecule has 2 N–H and O–H groups in total. The molecule has 0 aliphatic carbocycles. The van der Waals surface area contributed by atoms with E-state index in [4.69, 9.17) is 20.2 Å². The second kappa shape index (κ2) is 4.95. The lowest BCUT2D eigenvalue weighted by Gasteiger charge is -2.39. The fourth-order valence-corrected chi connectivity index (χ4v) is 4.11. The maximum atomic E-state index is 6.09. The van der Waals surface area contributed by atoms with Gasteiger partial charge < -0.3 is 15.2 Å². The molecule has 0 radical (unpaired) electrons. The summed E-state index contributed by atoms with van der Waals surface area (Å²) >= 11 is 1.59. The normalized spacial score (nSPS) is 22.3. The van der Waals surface area contributed by atoms with Gasteiger partial charge in [-0.1, -0.05) is 36.0 Å². The van der Waals surface area contributed by atoms with Crippen molar-refractivity contribution in [3.8, 4) is 17.2 Å². The minimum Gasteiger partial charge on any atom is -0.496 e. The van der Waals surface area contributed by atoms with Crippen LogP contribution in [0.25, 0.3) is 0 Å². The van der Waals surface area contributed by atoms with Crippen LogP contribution in [0.5, 0.6) is 17.2 Å². The third-order valence-corrected chi connectivity index (χ3v) is 4.98. The largest absolute Gasteiger partial charge is 0.496 e. The van der Waals surface area contributed by atoms with Gasteiger partial charge in [-0.05, 0) is 24.6 Å². The first-order chi connectivity index (χ1) is 10.7. The van der Waals surface area contributed by atoms with Gasteiger partial charge in [-0.15, -0.1) is 0 Å². The summed E-state index contributed by atoms with van der Waals surface area (Å²) in [6.07, 6.45) is 0.867. The first kappa shape index (κ1) is 13.5. The highest BCUT2D eigenvalue weighted by molar-refractivity contribution is 8.13. The van der Waals surface area contributed by atoms with Gasteiger partial charge in [0.15, 0.2) is 5.17 Å². The molecule has 112 valence electrons. The Labute approximate surface area is 133 Å². The molecular weight excluding hydrogens is 296 g/mol. The zero-order chi connectivity index (χ0) is 15.2. The van der Waals surface area contributed by atoms with Gasteiger partial charge >= 0.3 is 0 Å². The van der Waals surface area contributed by atoms with Gasteiger partial charge in [-0.2, -0.15) is 0 Å². The number of aliphatic imine (C=N–C) groups is 1. The predicted molar refractivity (Wildman–Crippen MR) is 89.0 cm³/mol. The van der Waals surface area contributed by atoms with Gasteiger partial charge in [-0.3, -0.25) is 0 Å².